The predicted octanol–water partition coefficient (Wildman–Crippen LogP) is 3.05. The van der Waals surface area contributed by atoms with E-state index in [-0.39, 0.29) is 11.8 Å². The first-order valence-electron chi connectivity index (χ1n) is 6.89. The second-order valence-corrected chi connectivity index (χ2v) is 4.66. The van der Waals surface area contributed by atoms with Crippen LogP contribution in [0.3, 0.4) is 0 Å². The van der Waals surface area contributed by atoms with Crippen molar-refractivity contribution in [2.24, 2.45) is 0 Å². The second-order valence-electron chi connectivity index (χ2n) is 4.66. The van der Waals surface area contributed by atoms with Gasteiger partial charge in [-0.05, 0) is 49.4 Å². The van der Waals surface area contributed by atoms with Gasteiger partial charge in [-0.15, -0.1) is 5.10 Å². The number of nitrogen functional groups attached to an aromatic ring is 1. The van der Waals surface area contributed by atoms with Crippen LogP contribution in [0.15, 0.2) is 48.5 Å². The van der Waals surface area contributed by atoms with Gasteiger partial charge in [0.15, 0.2) is 5.82 Å². The number of hydrogen-bond donors (Lipinski definition) is 1. The fourth-order valence-corrected chi connectivity index (χ4v) is 2.11. The van der Waals surface area contributed by atoms with Gasteiger partial charge in [-0.1, -0.05) is 6.07 Å². The topological polar surface area (TPSA) is 66.0 Å². The summed E-state index contributed by atoms with van der Waals surface area (Å²) in [6, 6.07) is 13.6. The Bertz CT molecular complexity index is 783. The first-order valence-corrected chi connectivity index (χ1v) is 6.89. The van der Waals surface area contributed by atoms with Crippen molar-refractivity contribution >= 4 is 5.69 Å². The lowest BCUT2D eigenvalue weighted by Crippen LogP contribution is -2.01. The van der Waals surface area contributed by atoms with E-state index < -0.39 is 0 Å². The van der Waals surface area contributed by atoms with Crippen LogP contribution in [-0.4, -0.2) is 21.4 Å². The molecule has 0 unspecified atom stereocenters. The molecule has 22 heavy (non-hydrogen) atoms. The van der Waals surface area contributed by atoms with Gasteiger partial charge in [0.05, 0.1) is 12.3 Å². The summed E-state index contributed by atoms with van der Waals surface area (Å²) in [5.74, 6) is 0.262. The summed E-state index contributed by atoms with van der Waals surface area (Å²) in [6.07, 6.45) is 0. The van der Waals surface area contributed by atoms with Gasteiger partial charge in [-0.2, -0.15) is 4.98 Å². The average Bonchev–Trinajstić information content (AvgIpc) is 2.92. The van der Waals surface area contributed by atoms with Gasteiger partial charge in [0.2, 0.25) is 0 Å². The van der Waals surface area contributed by atoms with Crippen LogP contribution in [0.25, 0.3) is 17.1 Å². The molecule has 3 aromatic rings. The fraction of sp³-hybridized carbons (Fsp3) is 0.125. The normalized spacial score (nSPS) is 10.6. The molecule has 0 aliphatic heterocycles. The monoisotopic (exact) mass is 298 g/mol. The molecule has 112 valence electrons. The third kappa shape index (κ3) is 2.76. The Labute approximate surface area is 127 Å². The molecule has 2 N–H and O–H groups in total. The number of ether oxygens (including phenoxy) is 1. The highest BCUT2D eigenvalue weighted by molar-refractivity contribution is 5.59. The van der Waals surface area contributed by atoms with Crippen LogP contribution in [0.4, 0.5) is 10.1 Å². The zero-order valence-corrected chi connectivity index (χ0v) is 12.0. The quantitative estimate of drug-likeness (QED) is 0.752. The zero-order valence-electron chi connectivity index (χ0n) is 12.0. The third-order valence-electron chi connectivity index (χ3n) is 3.08. The summed E-state index contributed by atoms with van der Waals surface area (Å²) in [7, 11) is 0. The van der Waals surface area contributed by atoms with Crippen molar-refractivity contribution in [3.63, 3.8) is 0 Å². The van der Waals surface area contributed by atoms with E-state index in [0.29, 0.717) is 18.1 Å². The van der Waals surface area contributed by atoms with Crippen molar-refractivity contribution in [2.45, 2.75) is 6.92 Å². The summed E-state index contributed by atoms with van der Waals surface area (Å²) >= 11 is 0. The molecule has 1 heterocycles. The van der Waals surface area contributed by atoms with Crippen molar-refractivity contribution in [1.29, 1.82) is 0 Å². The van der Waals surface area contributed by atoms with E-state index in [1.165, 1.54) is 12.1 Å². The van der Waals surface area contributed by atoms with Crippen LogP contribution in [-0.2, 0) is 0 Å². The van der Waals surface area contributed by atoms with Gasteiger partial charge in [0, 0.05) is 11.3 Å². The van der Waals surface area contributed by atoms with E-state index in [4.69, 9.17) is 10.5 Å². The maximum absolute atomic E-state index is 13.1. The fourth-order valence-electron chi connectivity index (χ4n) is 2.11. The van der Waals surface area contributed by atoms with E-state index in [2.05, 4.69) is 10.1 Å². The maximum Gasteiger partial charge on any atom is 0.336 e. The standard InChI is InChI=1S/C16H15FN4O/c1-2-22-16-19-15(11-6-8-12(17)9-7-11)21(20-16)14-5-3-4-13(18)10-14/h3-10H,2,18H2,1H3. The highest BCUT2D eigenvalue weighted by Crippen LogP contribution is 2.24. The summed E-state index contributed by atoms with van der Waals surface area (Å²) in [5, 5.41) is 4.34. The minimum Gasteiger partial charge on any atom is -0.463 e. The predicted molar refractivity (Wildman–Crippen MR) is 82.3 cm³/mol. The Morgan fingerprint density at radius 3 is 2.64 bits per heavy atom. The highest BCUT2D eigenvalue weighted by Gasteiger charge is 2.14. The van der Waals surface area contributed by atoms with E-state index in [0.717, 1.165) is 11.3 Å². The average molecular weight is 298 g/mol. The zero-order chi connectivity index (χ0) is 15.5. The number of rotatable bonds is 4. The molecule has 6 heteroatoms. The number of nitrogens with two attached hydrogens (primary N) is 1. The number of aromatic nitrogens is 3. The molecule has 0 saturated heterocycles. The van der Waals surface area contributed by atoms with Gasteiger partial charge in [0.1, 0.15) is 5.82 Å². The van der Waals surface area contributed by atoms with Crippen LogP contribution < -0.4 is 10.5 Å². The number of halogens is 1. The molecule has 3 rings (SSSR count). The van der Waals surface area contributed by atoms with Gasteiger partial charge >= 0.3 is 6.01 Å². The lowest BCUT2D eigenvalue weighted by atomic mass is 10.2. The molecule has 0 saturated carbocycles. The Balaban J connectivity index is 2.13. The minimum absolute atomic E-state index is 0.268. The first-order chi connectivity index (χ1) is 10.7. The number of nitrogens with zero attached hydrogens (tertiary/aromatic N) is 3. The van der Waals surface area contributed by atoms with Crippen molar-refractivity contribution in [2.75, 3.05) is 12.3 Å². The van der Waals surface area contributed by atoms with Crippen LogP contribution in [0, 0.1) is 5.82 Å². The Kier molecular flexibility index (Phi) is 3.74. The SMILES string of the molecule is CCOc1nc(-c2ccc(F)cc2)n(-c2cccc(N)c2)n1. The van der Waals surface area contributed by atoms with E-state index in [9.17, 15) is 4.39 Å². The molecule has 0 aliphatic carbocycles. The molecule has 1 aromatic heterocycles. The number of benzene rings is 2. The molecule has 0 atom stereocenters. The van der Waals surface area contributed by atoms with E-state index in [1.807, 2.05) is 19.1 Å². The summed E-state index contributed by atoms with van der Waals surface area (Å²) in [4.78, 5) is 4.37. The molecular weight excluding hydrogens is 283 g/mol. The molecule has 0 aliphatic rings. The van der Waals surface area contributed by atoms with Gasteiger partial charge < -0.3 is 10.5 Å². The number of anilines is 1. The lowest BCUT2D eigenvalue weighted by molar-refractivity contribution is 0.312. The summed E-state index contributed by atoms with van der Waals surface area (Å²) < 4.78 is 20.1. The van der Waals surface area contributed by atoms with Crippen molar-refractivity contribution in [3.8, 4) is 23.1 Å². The first kappa shape index (κ1) is 14.1. The van der Waals surface area contributed by atoms with Gasteiger partial charge in [-0.25, -0.2) is 9.07 Å². The van der Waals surface area contributed by atoms with E-state index >= 15 is 0 Å². The van der Waals surface area contributed by atoms with Gasteiger partial charge in [-0.3, -0.25) is 0 Å². The molecule has 0 spiro atoms. The third-order valence-corrected chi connectivity index (χ3v) is 3.08. The molecule has 5 nitrogen and oxygen atoms in total. The van der Waals surface area contributed by atoms with Crippen molar-refractivity contribution < 1.29 is 9.13 Å². The summed E-state index contributed by atoms with van der Waals surface area (Å²) in [6.45, 7) is 2.32. The Hall–Kier alpha value is -2.89. The van der Waals surface area contributed by atoms with E-state index in [1.54, 1.807) is 28.9 Å². The van der Waals surface area contributed by atoms with Crippen molar-refractivity contribution in [1.82, 2.24) is 14.8 Å². The lowest BCUT2D eigenvalue weighted by Gasteiger charge is -2.06. The van der Waals surface area contributed by atoms with Crippen LogP contribution in [0.2, 0.25) is 0 Å². The summed E-state index contributed by atoms with van der Waals surface area (Å²) in [5.41, 5.74) is 7.95. The largest absolute Gasteiger partial charge is 0.463 e. The Morgan fingerprint density at radius 2 is 1.95 bits per heavy atom. The maximum atomic E-state index is 13.1. The van der Waals surface area contributed by atoms with Gasteiger partial charge in [0.25, 0.3) is 0 Å². The smallest absolute Gasteiger partial charge is 0.336 e. The molecular formula is C16H15FN4O. The molecule has 0 bridgehead atoms. The van der Waals surface area contributed by atoms with Crippen LogP contribution in [0.1, 0.15) is 6.92 Å². The Morgan fingerprint density at radius 1 is 1.18 bits per heavy atom. The molecule has 2 aromatic carbocycles. The molecule has 0 radical (unpaired) electrons. The number of hydrogen-bond acceptors (Lipinski definition) is 4. The van der Waals surface area contributed by atoms with Crippen molar-refractivity contribution in [3.05, 3.63) is 54.3 Å². The molecule has 0 fully saturated rings. The van der Waals surface area contributed by atoms with Crippen LogP contribution in [0.5, 0.6) is 6.01 Å². The molecule has 0 amide bonds. The van der Waals surface area contributed by atoms with Crippen LogP contribution >= 0.6 is 0 Å². The second kappa shape index (κ2) is 5.85. The minimum atomic E-state index is -0.302. The highest BCUT2D eigenvalue weighted by atomic mass is 19.1.